The highest BCUT2D eigenvalue weighted by atomic mass is 16.3. The largest absolute Gasteiger partial charge is 0.388 e. The zero-order chi connectivity index (χ0) is 13.2. The number of nitrogens with zero attached hydrogens (tertiary/aromatic N) is 3. The van der Waals surface area contributed by atoms with Crippen molar-refractivity contribution in [2.75, 3.05) is 13.1 Å². The van der Waals surface area contributed by atoms with Crippen LogP contribution in [0.2, 0.25) is 0 Å². The van der Waals surface area contributed by atoms with Gasteiger partial charge in [0.2, 0.25) is 5.91 Å². The van der Waals surface area contributed by atoms with Gasteiger partial charge in [0.25, 0.3) is 0 Å². The van der Waals surface area contributed by atoms with Crippen molar-refractivity contribution >= 4 is 5.91 Å². The van der Waals surface area contributed by atoms with Crippen molar-refractivity contribution in [2.24, 2.45) is 7.05 Å². The van der Waals surface area contributed by atoms with Gasteiger partial charge in [0.15, 0.2) is 0 Å². The predicted molar refractivity (Wildman–Crippen MR) is 68.0 cm³/mol. The van der Waals surface area contributed by atoms with Crippen LogP contribution in [0.25, 0.3) is 0 Å². The number of carbonyl (C=O) groups is 1. The Kier molecular flexibility index (Phi) is 3.71. The first-order valence-corrected chi connectivity index (χ1v) is 6.43. The van der Waals surface area contributed by atoms with Gasteiger partial charge in [0.1, 0.15) is 0 Å². The summed E-state index contributed by atoms with van der Waals surface area (Å²) in [5, 5.41) is 9.98. The fraction of sp³-hybridized carbons (Fsp3) is 0.692. The Morgan fingerprint density at radius 2 is 2.39 bits per heavy atom. The maximum absolute atomic E-state index is 12.1. The van der Waals surface area contributed by atoms with Gasteiger partial charge >= 0.3 is 0 Å². The molecule has 1 aliphatic heterocycles. The molecule has 1 aromatic rings. The maximum atomic E-state index is 12.1. The van der Waals surface area contributed by atoms with E-state index >= 15 is 0 Å². The van der Waals surface area contributed by atoms with Crippen molar-refractivity contribution in [3.05, 3.63) is 18.2 Å². The van der Waals surface area contributed by atoms with Gasteiger partial charge in [-0.3, -0.25) is 4.79 Å². The van der Waals surface area contributed by atoms with E-state index in [0.29, 0.717) is 19.4 Å². The molecule has 1 atom stereocenters. The third kappa shape index (κ3) is 3.10. The summed E-state index contributed by atoms with van der Waals surface area (Å²) in [4.78, 5) is 17.9. The third-order valence-electron chi connectivity index (χ3n) is 3.54. The van der Waals surface area contributed by atoms with Crippen molar-refractivity contribution in [2.45, 2.75) is 38.2 Å². The van der Waals surface area contributed by atoms with Crippen molar-refractivity contribution in [3.63, 3.8) is 0 Å². The molecule has 1 unspecified atom stereocenters. The number of likely N-dealkylation sites (tertiary alicyclic amines) is 1. The van der Waals surface area contributed by atoms with Crippen molar-refractivity contribution in [1.82, 2.24) is 14.5 Å². The smallest absolute Gasteiger partial charge is 0.223 e. The van der Waals surface area contributed by atoms with Crippen LogP contribution in [0.4, 0.5) is 0 Å². The molecule has 18 heavy (non-hydrogen) atoms. The lowest BCUT2D eigenvalue weighted by Crippen LogP contribution is -2.48. The van der Waals surface area contributed by atoms with Gasteiger partial charge in [-0.25, -0.2) is 4.98 Å². The second kappa shape index (κ2) is 5.10. The summed E-state index contributed by atoms with van der Waals surface area (Å²) in [6, 6.07) is 0. The molecule has 0 bridgehead atoms. The number of β-amino-alcohol motifs (C(OH)–C–C–N with tert-alkyl or cyclic N) is 1. The minimum Gasteiger partial charge on any atom is -0.388 e. The van der Waals surface area contributed by atoms with Gasteiger partial charge in [0, 0.05) is 38.4 Å². The van der Waals surface area contributed by atoms with Crippen LogP contribution in [0.1, 0.15) is 31.9 Å². The number of piperidine rings is 1. The molecule has 0 radical (unpaired) electrons. The highest BCUT2D eigenvalue weighted by Gasteiger charge is 2.30. The molecule has 1 fully saturated rings. The van der Waals surface area contributed by atoms with Crippen LogP contribution < -0.4 is 0 Å². The topological polar surface area (TPSA) is 58.4 Å². The van der Waals surface area contributed by atoms with Gasteiger partial charge in [-0.1, -0.05) is 0 Å². The van der Waals surface area contributed by atoms with Gasteiger partial charge in [-0.05, 0) is 26.2 Å². The lowest BCUT2D eigenvalue weighted by Gasteiger charge is -2.36. The normalized spacial score (nSPS) is 24.3. The van der Waals surface area contributed by atoms with Crippen LogP contribution in [0.3, 0.4) is 0 Å². The minimum absolute atomic E-state index is 0.121. The summed E-state index contributed by atoms with van der Waals surface area (Å²) in [5.41, 5.74) is 0.340. The Balaban J connectivity index is 1.86. The van der Waals surface area contributed by atoms with Crippen molar-refractivity contribution < 1.29 is 9.90 Å². The number of carbonyl (C=O) groups excluding carboxylic acids is 1. The number of aliphatic hydroxyl groups is 1. The molecular formula is C13H21N3O2. The lowest BCUT2D eigenvalue weighted by molar-refractivity contribution is -0.137. The average Bonchev–Trinajstić information content (AvgIpc) is 2.70. The van der Waals surface area contributed by atoms with Gasteiger partial charge in [0.05, 0.1) is 11.9 Å². The molecule has 1 amide bonds. The van der Waals surface area contributed by atoms with E-state index < -0.39 is 5.60 Å². The molecular weight excluding hydrogens is 230 g/mol. The van der Waals surface area contributed by atoms with Gasteiger partial charge in [-0.2, -0.15) is 0 Å². The van der Waals surface area contributed by atoms with Crippen LogP contribution in [0.5, 0.6) is 0 Å². The minimum atomic E-state index is -0.722. The second-order valence-corrected chi connectivity index (χ2v) is 5.41. The third-order valence-corrected chi connectivity index (χ3v) is 3.54. The van der Waals surface area contributed by atoms with E-state index in [4.69, 9.17) is 0 Å². The first kappa shape index (κ1) is 13.1. The van der Waals surface area contributed by atoms with Crippen molar-refractivity contribution in [3.8, 4) is 0 Å². The Hall–Kier alpha value is -1.36. The Labute approximate surface area is 107 Å². The number of rotatable bonds is 3. The molecule has 5 nitrogen and oxygen atoms in total. The highest BCUT2D eigenvalue weighted by Crippen LogP contribution is 2.21. The molecule has 0 spiro atoms. The number of aryl methyl sites for hydroxylation is 2. The summed E-state index contributed by atoms with van der Waals surface area (Å²) in [6.07, 6.45) is 6.37. The summed E-state index contributed by atoms with van der Waals surface area (Å²) in [7, 11) is 1.93. The standard InChI is InChI=1S/C13H21N3O2/c1-13(18)6-3-7-16(9-13)12(17)5-4-11-8-14-10-15(11)2/h8,10,18H,3-7,9H2,1-2H3. The zero-order valence-corrected chi connectivity index (χ0v) is 11.1. The van der Waals surface area contributed by atoms with Crippen LogP contribution >= 0.6 is 0 Å². The monoisotopic (exact) mass is 251 g/mol. The second-order valence-electron chi connectivity index (χ2n) is 5.41. The number of hydrogen-bond donors (Lipinski definition) is 1. The Morgan fingerprint density at radius 3 is 3.00 bits per heavy atom. The molecule has 0 aromatic carbocycles. The molecule has 1 saturated heterocycles. The summed E-state index contributed by atoms with van der Waals surface area (Å²) >= 11 is 0. The quantitative estimate of drug-likeness (QED) is 0.861. The first-order valence-electron chi connectivity index (χ1n) is 6.43. The molecule has 0 saturated carbocycles. The van der Waals surface area contributed by atoms with E-state index in [-0.39, 0.29) is 5.91 Å². The van der Waals surface area contributed by atoms with E-state index in [2.05, 4.69) is 4.98 Å². The first-order chi connectivity index (χ1) is 8.48. The highest BCUT2D eigenvalue weighted by molar-refractivity contribution is 5.76. The summed E-state index contributed by atoms with van der Waals surface area (Å²) in [6.45, 7) is 3.02. The van der Waals surface area contributed by atoms with E-state index in [9.17, 15) is 9.90 Å². The number of amides is 1. The molecule has 1 N–H and O–H groups in total. The number of aromatic nitrogens is 2. The van der Waals surface area contributed by atoms with E-state index in [1.54, 1.807) is 24.3 Å². The molecule has 0 aliphatic carbocycles. The van der Waals surface area contributed by atoms with Gasteiger partial charge in [-0.15, -0.1) is 0 Å². The lowest BCUT2D eigenvalue weighted by atomic mass is 9.95. The molecule has 1 aromatic heterocycles. The van der Waals surface area contributed by atoms with Gasteiger partial charge < -0.3 is 14.6 Å². The molecule has 1 aliphatic rings. The Morgan fingerprint density at radius 1 is 1.61 bits per heavy atom. The van der Waals surface area contributed by atoms with Crippen LogP contribution in [0, 0.1) is 0 Å². The van der Waals surface area contributed by atoms with E-state index in [0.717, 1.165) is 25.1 Å². The zero-order valence-electron chi connectivity index (χ0n) is 11.1. The summed E-state index contributed by atoms with van der Waals surface area (Å²) in [5.74, 6) is 0.121. The molecule has 5 heteroatoms. The van der Waals surface area contributed by atoms with E-state index in [1.807, 2.05) is 11.6 Å². The average molecular weight is 251 g/mol. The number of imidazole rings is 1. The fourth-order valence-electron chi connectivity index (χ4n) is 2.45. The number of hydrogen-bond acceptors (Lipinski definition) is 3. The maximum Gasteiger partial charge on any atom is 0.223 e. The van der Waals surface area contributed by atoms with Crippen LogP contribution in [0.15, 0.2) is 12.5 Å². The fourth-order valence-corrected chi connectivity index (χ4v) is 2.45. The van der Waals surface area contributed by atoms with Crippen LogP contribution in [-0.4, -0.2) is 44.2 Å². The van der Waals surface area contributed by atoms with Crippen molar-refractivity contribution in [1.29, 1.82) is 0 Å². The van der Waals surface area contributed by atoms with E-state index in [1.165, 1.54) is 0 Å². The van der Waals surface area contributed by atoms with Crippen LogP contribution in [-0.2, 0) is 18.3 Å². The SMILES string of the molecule is Cn1cncc1CCC(=O)N1CCCC(C)(O)C1. The molecule has 2 heterocycles. The Bertz CT molecular complexity index is 426. The summed E-state index contributed by atoms with van der Waals surface area (Å²) < 4.78 is 1.93. The molecule has 100 valence electrons. The molecule has 2 rings (SSSR count). The predicted octanol–water partition coefficient (Wildman–Crippen LogP) is 0.726.